The Morgan fingerprint density at radius 1 is 1.00 bits per heavy atom. The molecule has 1 aliphatic heterocycles. The van der Waals surface area contributed by atoms with Crippen LogP contribution in [0.4, 0.5) is 10.1 Å². The number of carboxylic acid groups (broad SMARTS) is 1. The quantitative estimate of drug-likeness (QED) is 0.182. The SMILES string of the molecule is CCOc1cc(/C=C2\SC(=Nc3ccccc3)N(Cc3ccc(C(=O)O)cc3)C2=O)cc(Cl)c1OCc1cccc(F)c1. The Kier molecular flexibility index (Phi) is 9.44. The number of nitrogens with zero attached hydrogens (tertiary/aromatic N) is 2. The van der Waals surface area contributed by atoms with Crippen LogP contribution in [-0.2, 0) is 17.9 Å². The van der Waals surface area contributed by atoms with Gasteiger partial charge in [-0.05, 0) is 90.0 Å². The number of carbonyl (C=O) groups excluding carboxylic acids is 1. The summed E-state index contributed by atoms with van der Waals surface area (Å²) in [6.45, 7) is 2.47. The van der Waals surface area contributed by atoms with Crippen molar-refractivity contribution in [3.05, 3.63) is 129 Å². The fraction of sp³-hybridized carbons (Fsp3) is 0.121. The molecule has 0 aliphatic carbocycles. The van der Waals surface area contributed by atoms with Crippen LogP contribution in [0.3, 0.4) is 0 Å². The van der Waals surface area contributed by atoms with Gasteiger partial charge in [0.2, 0.25) is 0 Å². The van der Waals surface area contributed by atoms with E-state index in [1.54, 1.807) is 47.4 Å². The number of halogens is 2. The molecule has 0 atom stereocenters. The third-order valence-electron chi connectivity index (χ3n) is 6.31. The van der Waals surface area contributed by atoms with Crippen LogP contribution < -0.4 is 9.47 Å². The fourth-order valence-corrected chi connectivity index (χ4v) is 5.56. The number of hydrogen-bond acceptors (Lipinski definition) is 6. The highest BCUT2D eigenvalue weighted by molar-refractivity contribution is 8.18. The number of para-hydroxylation sites is 1. The van der Waals surface area contributed by atoms with Gasteiger partial charge in [-0.1, -0.05) is 54.1 Å². The zero-order valence-electron chi connectivity index (χ0n) is 23.0. The maximum atomic E-state index is 13.7. The molecule has 1 fully saturated rings. The third kappa shape index (κ3) is 7.43. The second kappa shape index (κ2) is 13.6. The molecule has 4 aromatic rings. The Bertz CT molecular complexity index is 1710. The highest BCUT2D eigenvalue weighted by Gasteiger charge is 2.33. The number of amidine groups is 1. The number of benzene rings is 4. The number of rotatable bonds is 10. The van der Waals surface area contributed by atoms with Gasteiger partial charge in [0.15, 0.2) is 16.7 Å². The largest absolute Gasteiger partial charge is 0.490 e. The van der Waals surface area contributed by atoms with Gasteiger partial charge < -0.3 is 14.6 Å². The number of thioether (sulfide) groups is 1. The van der Waals surface area contributed by atoms with E-state index in [9.17, 15) is 19.1 Å². The van der Waals surface area contributed by atoms with Gasteiger partial charge in [-0.2, -0.15) is 0 Å². The minimum absolute atomic E-state index is 0.0913. The first-order valence-electron chi connectivity index (χ1n) is 13.3. The summed E-state index contributed by atoms with van der Waals surface area (Å²) in [6, 6.07) is 25.2. The van der Waals surface area contributed by atoms with Crippen molar-refractivity contribution in [3.8, 4) is 11.5 Å². The average Bonchev–Trinajstić information content (AvgIpc) is 3.26. The molecule has 218 valence electrons. The molecular weight excluding hydrogens is 591 g/mol. The molecule has 0 bridgehead atoms. The molecule has 1 amide bonds. The van der Waals surface area contributed by atoms with Crippen molar-refractivity contribution in [2.24, 2.45) is 4.99 Å². The topological polar surface area (TPSA) is 88.4 Å². The molecule has 0 saturated carbocycles. The molecule has 43 heavy (non-hydrogen) atoms. The highest BCUT2D eigenvalue weighted by Crippen LogP contribution is 2.40. The molecule has 1 N–H and O–H groups in total. The molecule has 7 nitrogen and oxygen atoms in total. The molecule has 1 saturated heterocycles. The molecule has 0 aromatic heterocycles. The lowest BCUT2D eigenvalue weighted by Gasteiger charge is -2.16. The number of hydrogen-bond donors (Lipinski definition) is 1. The Hall–Kier alpha value is -4.60. The smallest absolute Gasteiger partial charge is 0.335 e. The van der Waals surface area contributed by atoms with E-state index < -0.39 is 5.97 Å². The van der Waals surface area contributed by atoms with Gasteiger partial charge in [0.1, 0.15) is 12.4 Å². The Morgan fingerprint density at radius 3 is 2.47 bits per heavy atom. The molecule has 0 spiro atoms. The monoisotopic (exact) mass is 616 g/mol. The molecule has 0 radical (unpaired) electrons. The van der Waals surface area contributed by atoms with E-state index in [2.05, 4.69) is 0 Å². The third-order valence-corrected chi connectivity index (χ3v) is 7.60. The number of carbonyl (C=O) groups is 2. The van der Waals surface area contributed by atoms with Gasteiger partial charge in [-0.15, -0.1) is 0 Å². The van der Waals surface area contributed by atoms with E-state index in [1.165, 1.54) is 36.0 Å². The first kappa shape index (κ1) is 29.9. The number of aromatic carboxylic acids is 1. The van der Waals surface area contributed by atoms with Crippen LogP contribution in [0.25, 0.3) is 6.08 Å². The van der Waals surface area contributed by atoms with Gasteiger partial charge in [0, 0.05) is 0 Å². The molecule has 1 aliphatic rings. The summed E-state index contributed by atoms with van der Waals surface area (Å²) in [5.74, 6) is -0.936. The summed E-state index contributed by atoms with van der Waals surface area (Å²) in [5.41, 5.74) is 2.86. The van der Waals surface area contributed by atoms with Gasteiger partial charge in [-0.3, -0.25) is 9.69 Å². The van der Waals surface area contributed by atoms with Crippen LogP contribution in [0.15, 0.2) is 101 Å². The van der Waals surface area contributed by atoms with Crippen LogP contribution >= 0.6 is 23.4 Å². The number of amides is 1. The lowest BCUT2D eigenvalue weighted by molar-refractivity contribution is -0.122. The van der Waals surface area contributed by atoms with E-state index in [0.29, 0.717) is 45.0 Å². The van der Waals surface area contributed by atoms with E-state index in [-0.39, 0.29) is 35.5 Å². The van der Waals surface area contributed by atoms with Crippen molar-refractivity contribution in [3.63, 3.8) is 0 Å². The summed E-state index contributed by atoms with van der Waals surface area (Å²) >= 11 is 7.85. The molecule has 5 rings (SSSR count). The predicted molar refractivity (Wildman–Crippen MR) is 166 cm³/mol. The lowest BCUT2D eigenvalue weighted by Crippen LogP contribution is -2.28. The molecule has 1 heterocycles. The van der Waals surface area contributed by atoms with Crippen LogP contribution in [0.2, 0.25) is 5.02 Å². The zero-order chi connectivity index (χ0) is 30.3. The van der Waals surface area contributed by atoms with Crippen molar-refractivity contribution < 1.29 is 28.6 Å². The summed E-state index contributed by atoms with van der Waals surface area (Å²) in [4.78, 5) is 31.6. The van der Waals surface area contributed by atoms with Gasteiger partial charge in [0.05, 0.1) is 34.3 Å². The van der Waals surface area contributed by atoms with E-state index in [0.717, 1.165) is 5.56 Å². The number of carboxylic acids is 1. The minimum atomic E-state index is -1.02. The second-order valence-corrected chi connectivity index (χ2v) is 10.8. The second-order valence-electron chi connectivity index (χ2n) is 9.42. The van der Waals surface area contributed by atoms with E-state index >= 15 is 0 Å². The van der Waals surface area contributed by atoms with Crippen LogP contribution in [0.1, 0.15) is 34.0 Å². The van der Waals surface area contributed by atoms with Crippen molar-refractivity contribution in [2.75, 3.05) is 6.61 Å². The van der Waals surface area contributed by atoms with Gasteiger partial charge in [0.25, 0.3) is 5.91 Å². The van der Waals surface area contributed by atoms with Crippen molar-refractivity contribution >= 4 is 52.2 Å². The van der Waals surface area contributed by atoms with Gasteiger partial charge in [-0.25, -0.2) is 14.2 Å². The minimum Gasteiger partial charge on any atom is -0.490 e. The summed E-state index contributed by atoms with van der Waals surface area (Å²) < 4.78 is 25.3. The Balaban J connectivity index is 1.45. The molecule has 0 unspecified atom stereocenters. The maximum absolute atomic E-state index is 13.7. The van der Waals surface area contributed by atoms with Crippen molar-refractivity contribution in [2.45, 2.75) is 20.1 Å². The van der Waals surface area contributed by atoms with Crippen molar-refractivity contribution in [1.29, 1.82) is 0 Å². The number of aliphatic imine (C=N–C) groups is 1. The Labute approximate surface area is 257 Å². The molecule has 4 aromatic carbocycles. The van der Waals surface area contributed by atoms with E-state index in [1.807, 2.05) is 37.3 Å². The summed E-state index contributed by atoms with van der Waals surface area (Å²) in [5, 5.41) is 9.99. The average molecular weight is 617 g/mol. The summed E-state index contributed by atoms with van der Waals surface area (Å²) in [6.07, 6.45) is 1.71. The lowest BCUT2D eigenvalue weighted by atomic mass is 10.1. The van der Waals surface area contributed by atoms with Crippen LogP contribution in [0.5, 0.6) is 11.5 Å². The molecule has 10 heteroatoms. The van der Waals surface area contributed by atoms with Crippen LogP contribution in [-0.4, -0.2) is 33.7 Å². The Morgan fingerprint density at radius 2 is 1.77 bits per heavy atom. The summed E-state index contributed by atoms with van der Waals surface area (Å²) in [7, 11) is 0. The van der Waals surface area contributed by atoms with Gasteiger partial charge >= 0.3 is 5.97 Å². The standard InChI is InChI=1S/C33H26ClFN2O5S/c1-2-41-28-17-23(16-27(34)30(28)42-20-22-7-6-8-25(35)15-22)18-29-31(38)37(19-21-11-13-24(14-12-21)32(39)40)33(43-29)36-26-9-4-3-5-10-26/h3-18H,2,19-20H2,1H3,(H,39,40)/b29-18-,36-33?. The zero-order valence-corrected chi connectivity index (χ0v) is 24.6. The van der Waals surface area contributed by atoms with E-state index in [4.69, 9.17) is 26.1 Å². The van der Waals surface area contributed by atoms with Crippen LogP contribution in [0, 0.1) is 5.82 Å². The normalized spacial score (nSPS) is 14.9. The first-order chi connectivity index (χ1) is 20.8. The number of ether oxygens (including phenoxy) is 2. The first-order valence-corrected chi connectivity index (χ1v) is 14.5. The highest BCUT2D eigenvalue weighted by atomic mass is 35.5. The predicted octanol–water partition coefficient (Wildman–Crippen LogP) is 7.96. The van der Waals surface area contributed by atoms with Crippen molar-refractivity contribution in [1.82, 2.24) is 4.90 Å². The molecular formula is C33H26ClFN2O5S. The maximum Gasteiger partial charge on any atom is 0.335 e. The fourth-order valence-electron chi connectivity index (χ4n) is 4.29.